The second-order valence-corrected chi connectivity index (χ2v) is 18.3. The van der Waals surface area contributed by atoms with E-state index in [1.54, 1.807) is 5.69 Å². The van der Waals surface area contributed by atoms with Gasteiger partial charge in [0.25, 0.3) is 0 Å². The monoisotopic (exact) mass is 715 g/mol. The Morgan fingerprint density at radius 1 is 0.759 bits per heavy atom. The number of pyridine rings is 1. The first-order valence-electron chi connectivity index (χ1n) is 20.2. The first kappa shape index (κ1) is 34.0. The van der Waals surface area contributed by atoms with Crippen LogP contribution in [0.15, 0.2) is 79.0 Å². The molecule has 7 heterocycles. The molecular weight excluding hydrogens is 663 g/mol. The van der Waals surface area contributed by atoms with E-state index in [1.165, 1.54) is 60.9 Å². The van der Waals surface area contributed by atoms with Gasteiger partial charge in [0, 0.05) is 103 Å². The molecule has 0 N–H and O–H groups in total. The molecule has 3 aromatic heterocycles. The molecular formula is C48H53N5O. The van der Waals surface area contributed by atoms with Crippen molar-refractivity contribution in [2.24, 2.45) is 0 Å². The van der Waals surface area contributed by atoms with Crippen LogP contribution in [0.5, 0.6) is 0 Å². The van der Waals surface area contributed by atoms with E-state index in [2.05, 4.69) is 138 Å². The lowest BCUT2D eigenvalue weighted by Gasteiger charge is -2.38. The second kappa shape index (κ2) is 12.2. The summed E-state index contributed by atoms with van der Waals surface area (Å²) in [5.41, 5.74) is 15.8. The smallest absolute Gasteiger partial charge is 0.232 e. The summed E-state index contributed by atoms with van der Waals surface area (Å²) in [6.07, 6.45) is 5.73. The van der Waals surface area contributed by atoms with E-state index in [-0.39, 0.29) is 16.7 Å². The molecule has 0 bridgehead atoms. The van der Waals surface area contributed by atoms with Gasteiger partial charge in [0.1, 0.15) is 0 Å². The van der Waals surface area contributed by atoms with Crippen molar-refractivity contribution in [1.82, 2.24) is 23.9 Å². The third-order valence-corrected chi connectivity index (χ3v) is 13.9. The number of hydrogen-bond acceptors (Lipinski definition) is 4. The summed E-state index contributed by atoms with van der Waals surface area (Å²) in [4.78, 5) is 24.2. The molecule has 6 aromatic rings. The van der Waals surface area contributed by atoms with Gasteiger partial charge >= 0.3 is 0 Å². The molecule has 0 saturated carbocycles. The van der Waals surface area contributed by atoms with Crippen LogP contribution in [0.3, 0.4) is 0 Å². The van der Waals surface area contributed by atoms with Crippen molar-refractivity contribution < 1.29 is 4.79 Å². The Labute approximate surface area is 319 Å². The molecule has 6 heteroatoms. The number of aryl methyl sites for hydroxylation is 4. The van der Waals surface area contributed by atoms with Crippen LogP contribution >= 0.6 is 0 Å². The average Bonchev–Trinajstić information content (AvgIpc) is 3.51. The predicted octanol–water partition coefficient (Wildman–Crippen LogP) is 9.69. The van der Waals surface area contributed by atoms with Crippen LogP contribution in [0.2, 0.25) is 0 Å². The average molecular weight is 716 g/mol. The zero-order valence-corrected chi connectivity index (χ0v) is 32.9. The number of likely N-dealkylation sites (N-methyl/N-ethyl adjacent to an activating group) is 1. The summed E-state index contributed by atoms with van der Waals surface area (Å²) < 4.78 is 4.80. The number of aromatic nitrogens is 3. The van der Waals surface area contributed by atoms with Gasteiger partial charge < -0.3 is 9.47 Å². The number of fused-ring (bicyclic) bond motifs is 6. The molecule has 4 atom stereocenters. The van der Waals surface area contributed by atoms with E-state index in [1.807, 2.05) is 6.20 Å². The summed E-state index contributed by atoms with van der Waals surface area (Å²) in [5.74, 6) is 0.983. The summed E-state index contributed by atoms with van der Waals surface area (Å²) in [6.45, 7) is 17.2. The highest BCUT2D eigenvalue weighted by molar-refractivity contribution is 5.97. The maximum atomic E-state index is 14.4. The van der Waals surface area contributed by atoms with E-state index in [0.717, 1.165) is 69.7 Å². The van der Waals surface area contributed by atoms with E-state index < -0.39 is 0 Å². The van der Waals surface area contributed by atoms with Crippen molar-refractivity contribution in [2.45, 2.75) is 109 Å². The Kier molecular flexibility index (Phi) is 7.71. The van der Waals surface area contributed by atoms with E-state index in [0.29, 0.717) is 18.3 Å². The minimum Gasteiger partial charge on any atom is -0.344 e. The van der Waals surface area contributed by atoms with Crippen molar-refractivity contribution in [2.75, 3.05) is 20.1 Å². The highest BCUT2D eigenvalue weighted by Crippen LogP contribution is 2.49. The zero-order valence-electron chi connectivity index (χ0n) is 32.9. The van der Waals surface area contributed by atoms with Gasteiger partial charge in [-0.15, -0.1) is 0 Å². The molecule has 6 nitrogen and oxygen atoms in total. The van der Waals surface area contributed by atoms with Gasteiger partial charge in [-0.2, -0.15) is 0 Å². The molecule has 0 saturated heterocycles. The molecule has 4 aliphatic heterocycles. The van der Waals surface area contributed by atoms with Gasteiger partial charge in [0.2, 0.25) is 5.91 Å². The predicted molar refractivity (Wildman–Crippen MR) is 218 cm³/mol. The molecule has 0 fully saturated rings. The lowest BCUT2D eigenvalue weighted by atomic mass is 9.71. The molecule has 0 aliphatic carbocycles. The second-order valence-electron chi connectivity index (χ2n) is 18.3. The molecule has 0 radical (unpaired) electrons. The first-order valence-corrected chi connectivity index (χ1v) is 20.2. The van der Waals surface area contributed by atoms with Crippen molar-refractivity contribution in [3.8, 4) is 0 Å². The standard InChI is InChI=1S/C48H53N5O/c1-30-10-12-42-38(18-30)41-29-51(27-35-22-47(4,15-17-52(42)45(35)41)37-14-16-49-32(3)20-37)25-33-8-7-9-36(21-33)48(5)23-34-26-50(6)28-40-39-19-31(2)11-13-43(39)53(46(34)40)44(54)24-48/h7-14,16,18-21,34-35H,15,17,22-29H2,1-6H3. The number of carbonyl (C=O) groups is 1. The Bertz CT molecular complexity index is 2500. The van der Waals surface area contributed by atoms with Gasteiger partial charge in [0.15, 0.2) is 0 Å². The summed E-state index contributed by atoms with van der Waals surface area (Å²) in [6, 6.07) is 27.6. The molecule has 4 aliphatic rings. The number of rotatable bonds is 4. The normalized spacial score (nSPS) is 25.8. The quantitative estimate of drug-likeness (QED) is 0.182. The van der Waals surface area contributed by atoms with Crippen molar-refractivity contribution >= 4 is 27.7 Å². The van der Waals surface area contributed by atoms with Gasteiger partial charge in [-0.25, -0.2) is 0 Å². The minimum absolute atomic E-state index is 0.0748. The SMILES string of the molecule is Cc1ccc2c(c1)c1c3n2CCC(C)(c2ccnc(C)c2)CC3CN(Cc2cccc(C3(C)CC(=O)n4c5c(c6cc(C)ccc64)CN(C)CC5C3)c2)C1. The molecule has 4 unspecified atom stereocenters. The van der Waals surface area contributed by atoms with Crippen molar-refractivity contribution in [3.63, 3.8) is 0 Å². The van der Waals surface area contributed by atoms with E-state index in [4.69, 9.17) is 0 Å². The Morgan fingerprint density at radius 3 is 2.26 bits per heavy atom. The zero-order chi connectivity index (χ0) is 37.1. The molecule has 3 aromatic carbocycles. The van der Waals surface area contributed by atoms with Crippen LogP contribution in [-0.2, 0) is 37.0 Å². The van der Waals surface area contributed by atoms with Gasteiger partial charge in [0.05, 0.1) is 5.52 Å². The molecule has 54 heavy (non-hydrogen) atoms. The first-order chi connectivity index (χ1) is 26.0. The highest BCUT2D eigenvalue weighted by Gasteiger charge is 2.44. The maximum absolute atomic E-state index is 14.4. The largest absolute Gasteiger partial charge is 0.344 e. The van der Waals surface area contributed by atoms with Gasteiger partial charge in [-0.3, -0.25) is 19.2 Å². The van der Waals surface area contributed by atoms with Gasteiger partial charge in [-0.05, 0) is 117 Å². The van der Waals surface area contributed by atoms with Crippen molar-refractivity contribution in [3.05, 3.63) is 135 Å². The van der Waals surface area contributed by atoms with Crippen LogP contribution < -0.4 is 0 Å². The molecule has 0 spiro atoms. The van der Waals surface area contributed by atoms with Crippen LogP contribution in [0.4, 0.5) is 0 Å². The van der Waals surface area contributed by atoms with Crippen LogP contribution in [0.1, 0.15) is 112 Å². The summed E-state index contributed by atoms with van der Waals surface area (Å²) >= 11 is 0. The lowest BCUT2D eigenvalue weighted by Crippen LogP contribution is -2.36. The van der Waals surface area contributed by atoms with Crippen LogP contribution in [0.25, 0.3) is 21.8 Å². The fourth-order valence-corrected chi connectivity index (χ4v) is 11.5. The Morgan fingerprint density at radius 2 is 1.46 bits per heavy atom. The highest BCUT2D eigenvalue weighted by atomic mass is 16.2. The fourth-order valence-electron chi connectivity index (χ4n) is 11.5. The minimum atomic E-state index is -0.255. The van der Waals surface area contributed by atoms with Crippen LogP contribution in [0, 0.1) is 20.8 Å². The summed E-state index contributed by atoms with van der Waals surface area (Å²) in [7, 11) is 2.24. The van der Waals surface area contributed by atoms with E-state index in [9.17, 15) is 4.79 Å². The number of hydrogen-bond donors (Lipinski definition) is 0. The van der Waals surface area contributed by atoms with E-state index >= 15 is 0 Å². The topological polar surface area (TPSA) is 46.3 Å². The molecule has 10 rings (SSSR count). The number of nitrogens with zero attached hydrogens (tertiary/aromatic N) is 5. The number of carbonyl (C=O) groups excluding carboxylic acids is 1. The Hall–Kier alpha value is -4.52. The van der Waals surface area contributed by atoms with Crippen LogP contribution in [-0.4, -0.2) is 50.0 Å². The van der Waals surface area contributed by atoms with Gasteiger partial charge in [-0.1, -0.05) is 61.4 Å². The summed E-state index contributed by atoms with van der Waals surface area (Å²) in [5, 5.41) is 2.69. The molecule has 276 valence electrons. The fraction of sp³-hybridized carbons (Fsp3) is 0.417. The molecule has 0 amide bonds. The number of benzene rings is 3. The Balaban J connectivity index is 0.988. The third kappa shape index (κ3) is 5.35. The lowest BCUT2D eigenvalue weighted by molar-refractivity contribution is 0.0882. The third-order valence-electron chi connectivity index (χ3n) is 13.9. The van der Waals surface area contributed by atoms with Crippen molar-refractivity contribution in [1.29, 1.82) is 0 Å². The maximum Gasteiger partial charge on any atom is 0.232 e.